The van der Waals surface area contributed by atoms with Crippen molar-refractivity contribution in [1.82, 2.24) is 4.57 Å². The van der Waals surface area contributed by atoms with E-state index in [9.17, 15) is 10.1 Å². The minimum Gasteiger partial charge on any atom is -0.415 e. The Kier molecular flexibility index (Phi) is 4.44. The van der Waals surface area contributed by atoms with E-state index in [2.05, 4.69) is 33.9 Å². The number of hydrogen-bond donors (Lipinski definition) is 0. The van der Waals surface area contributed by atoms with Crippen LogP contribution in [-0.2, 0) is 11.0 Å². The maximum atomic E-state index is 10.9. The standard InChI is InChI=1S/C16H24N2O3Si/c1-16(2,3)22(4,5)21-11-10-17-9-8-13-6-7-14(18(19)20)12-15(13)17/h6-9,12H,10-11H2,1-5H3. The lowest BCUT2D eigenvalue weighted by atomic mass is 10.2. The molecule has 120 valence electrons. The van der Waals surface area contributed by atoms with Gasteiger partial charge in [-0.1, -0.05) is 20.8 Å². The van der Waals surface area contributed by atoms with Gasteiger partial charge >= 0.3 is 0 Å². The van der Waals surface area contributed by atoms with E-state index in [0.717, 1.165) is 10.9 Å². The van der Waals surface area contributed by atoms with Crippen LogP contribution in [0.5, 0.6) is 0 Å². The molecule has 0 aliphatic carbocycles. The first-order chi connectivity index (χ1) is 10.1. The smallest absolute Gasteiger partial charge is 0.271 e. The van der Waals surface area contributed by atoms with Crippen LogP contribution in [0, 0.1) is 10.1 Å². The fourth-order valence-electron chi connectivity index (χ4n) is 2.10. The first-order valence-corrected chi connectivity index (χ1v) is 10.4. The summed E-state index contributed by atoms with van der Waals surface area (Å²) in [6.07, 6.45) is 1.96. The highest BCUT2D eigenvalue weighted by Gasteiger charge is 2.36. The van der Waals surface area contributed by atoms with Crippen molar-refractivity contribution in [1.29, 1.82) is 0 Å². The number of hydrogen-bond acceptors (Lipinski definition) is 3. The van der Waals surface area contributed by atoms with Crippen LogP contribution in [0.25, 0.3) is 10.9 Å². The van der Waals surface area contributed by atoms with Gasteiger partial charge in [-0.05, 0) is 30.3 Å². The molecule has 1 aromatic carbocycles. The molecule has 2 rings (SSSR count). The third-order valence-electron chi connectivity index (χ3n) is 4.57. The molecule has 0 aliphatic rings. The number of benzene rings is 1. The van der Waals surface area contributed by atoms with E-state index in [4.69, 9.17) is 4.43 Å². The van der Waals surface area contributed by atoms with Gasteiger partial charge in [0.15, 0.2) is 8.32 Å². The van der Waals surface area contributed by atoms with Crippen molar-refractivity contribution in [2.45, 2.75) is 45.4 Å². The summed E-state index contributed by atoms with van der Waals surface area (Å²) >= 11 is 0. The highest BCUT2D eigenvalue weighted by atomic mass is 28.4. The van der Waals surface area contributed by atoms with Gasteiger partial charge in [0, 0.05) is 30.3 Å². The van der Waals surface area contributed by atoms with Crippen LogP contribution in [0.1, 0.15) is 20.8 Å². The van der Waals surface area contributed by atoms with Gasteiger partial charge in [0.05, 0.1) is 17.0 Å². The van der Waals surface area contributed by atoms with Crippen LogP contribution in [0.15, 0.2) is 30.5 Å². The maximum absolute atomic E-state index is 10.9. The van der Waals surface area contributed by atoms with Crippen LogP contribution in [-0.4, -0.2) is 24.4 Å². The molecule has 0 aliphatic heterocycles. The molecule has 0 bridgehead atoms. The summed E-state index contributed by atoms with van der Waals surface area (Å²) in [4.78, 5) is 10.6. The van der Waals surface area contributed by atoms with E-state index in [1.54, 1.807) is 18.2 Å². The van der Waals surface area contributed by atoms with Crippen LogP contribution < -0.4 is 0 Å². The van der Waals surface area contributed by atoms with Crippen LogP contribution in [0.3, 0.4) is 0 Å². The lowest BCUT2D eigenvalue weighted by Gasteiger charge is -2.36. The molecule has 1 aromatic heterocycles. The largest absolute Gasteiger partial charge is 0.415 e. The van der Waals surface area contributed by atoms with Crippen molar-refractivity contribution >= 4 is 24.9 Å². The molecule has 22 heavy (non-hydrogen) atoms. The molecular formula is C16H24N2O3Si. The summed E-state index contributed by atoms with van der Waals surface area (Å²) in [5, 5.41) is 12.1. The molecule has 0 radical (unpaired) electrons. The van der Waals surface area contributed by atoms with Gasteiger partial charge < -0.3 is 8.99 Å². The van der Waals surface area contributed by atoms with Crippen LogP contribution >= 0.6 is 0 Å². The fourth-order valence-corrected chi connectivity index (χ4v) is 3.13. The van der Waals surface area contributed by atoms with E-state index >= 15 is 0 Å². The van der Waals surface area contributed by atoms with E-state index in [1.807, 2.05) is 16.8 Å². The molecule has 0 amide bonds. The summed E-state index contributed by atoms with van der Waals surface area (Å²) in [7, 11) is -1.76. The van der Waals surface area contributed by atoms with E-state index in [1.165, 1.54) is 0 Å². The second-order valence-electron chi connectivity index (χ2n) is 7.12. The minimum atomic E-state index is -1.76. The number of nitro benzene ring substituents is 1. The van der Waals surface area contributed by atoms with Crippen molar-refractivity contribution in [3.05, 3.63) is 40.6 Å². The zero-order valence-electron chi connectivity index (χ0n) is 13.9. The summed E-state index contributed by atoms with van der Waals surface area (Å²) in [5.41, 5.74) is 1.01. The summed E-state index contributed by atoms with van der Waals surface area (Å²) in [6.45, 7) is 12.4. The highest BCUT2D eigenvalue weighted by Crippen LogP contribution is 2.36. The minimum absolute atomic E-state index is 0.123. The number of nitrogens with zero attached hydrogens (tertiary/aromatic N) is 2. The maximum Gasteiger partial charge on any atom is 0.271 e. The average molecular weight is 320 g/mol. The predicted octanol–water partition coefficient (Wildman–Crippen LogP) is 4.57. The highest BCUT2D eigenvalue weighted by molar-refractivity contribution is 6.74. The van der Waals surface area contributed by atoms with Gasteiger partial charge in [0.25, 0.3) is 5.69 Å². The van der Waals surface area contributed by atoms with E-state index < -0.39 is 8.32 Å². The molecule has 5 nitrogen and oxygen atoms in total. The molecule has 6 heteroatoms. The molecule has 0 N–H and O–H groups in total. The van der Waals surface area contributed by atoms with Gasteiger partial charge in [-0.2, -0.15) is 0 Å². The summed E-state index contributed by atoms with van der Waals surface area (Å²) < 4.78 is 8.20. The Balaban J connectivity index is 2.12. The monoisotopic (exact) mass is 320 g/mol. The quantitative estimate of drug-likeness (QED) is 0.460. The molecule has 0 unspecified atom stereocenters. The van der Waals surface area contributed by atoms with Gasteiger partial charge in [-0.3, -0.25) is 10.1 Å². The molecule has 0 atom stereocenters. The summed E-state index contributed by atoms with van der Waals surface area (Å²) in [6, 6.07) is 6.94. The van der Waals surface area contributed by atoms with Gasteiger partial charge in [0.1, 0.15) is 0 Å². The normalized spacial score (nSPS) is 12.8. The topological polar surface area (TPSA) is 57.3 Å². The molecule has 2 aromatic rings. The Hall–Kier alpha value is -1.66. The van der Waals surface area contributed by atoms with Crippen molar-refractivity contribution in [2.24, 2.45) is 0 Å². The molecule has 0 spiro atoms. The van der Waals surface area contributed by atoms with Crippen molar-refractivity contribution in [3.63, 3.8) is 0 Å². The first kappa shape index (κ1) is 16.7. The number of aromatic nitrogens is 1. The molecule has 0 saturated carbocycles. The van der Waals surface area contributed by atoms with Gasteiger partial charge in [-0.25, -0.2) is 0 Å². The van der Waals surface area contributed by atoms with Crippen molar-refractivity contribution < 1.29 is 9.35 Å². The van der Waals surface area contributed by atoms with Gasteiger partial charge in [-0.15, -0.1) is 0 Å². The fraction of sp³-hybridized carbons (Fsp3) is 0.500. The first-order valence-electron chi connectivity index (χ1n) is 7.49. The van der Waals surface area contributed by atoms with E-state index in [-0.39, 0.29) is 15.6 Å². The third kappa shape index (κ3) is 3.39. The lowest BCUT2D eigenvalue weighted by molar-refractivity contribution is -0.384. The molecule has 1 heterocycles. The predicted molar refractivity (Wildman–Crippen MR) is 91.7 cm³/mol. The van der Waals surface area contributed by atoms with Crippen molar-refractivity contribution in [3.8, 4) is 0 Å². The lowest BCUT2D eigenvalue weighted by Crippen LogP contribution is -2.41. The molecule has 0 saturated heterocycles. The summed E-state index contributed by atoms with van der Waals surface area (Å²) in [5.74, 6) is 0. The number of fused-ring (bicyclic) bond motifs is 1. The second kappa shape index (κ2) is 5.85. The van der Waals surface area contributed by atoms with E-state index in [0.29, 0.717) is 13.2 Å². The van der Waals surface area contributed by atoms with Crippen LogP contribution in [0.4, 0.5) is 5.69 Å². The van der Waals surface area contributed by atoms with Crippen LogP contribution in [0.2, 0.25) is 18.1 Å². The Morgan fingerprint density at radius 2 is 1.95 bits per heavy atom. The Morgan fingerprint density at radius 1 is 1.27 bits per heavy atom. The molecular weight excluding hydrogens is 296 g/mol. The van der Waals surface area contributed by atoms with Gasteiger partial charge in [0.2, 0.25) is 0 Å². The average Bonchev–Trinajstić information content (AvgIpc) is 2.79. The zero-order chi connectivity index (χ0) is 16.5. The van der Waals surface area contributed by atoms with Crippen molar-refractivity contribution in [2.75, 3.05) is 6.61 Å². The third-order valence-corrected chi connectivity index (χ3v) is 9.11. The number of nitro groups is 1. The second-order valence-corrected chi connectivity index (χ2v) is 11.9. The SMILES string of the molecule is CC(C)(C)[Si](C)(C)OCCn1ccc2ccc([N+](=O)[O-])cc21. The number of rotatable bonds is 5. The molecule has 0 fully saturated rings. The Bertz CT molecular complexity index is 686. The Labute approximate surface area is 132 Å². The number of non-ortho nitro benzene ring substituents is 1. The Morgan fingerprint density at radius 3 is 2.55 bits per heavy atom. The zero-order valence-corrected chi connectivity index (χ0v) is 14.9.